The Labute approximate surface area is 158 Å². The molecule has 1 N–H and O–H groups in total. The van der Waals surface area contributed by atoms with Gasteiger partial charge in [-0.05, 0) is 24.6 Å². The zero-order chi connectivity index (χ0) is 18.3. The van der Waals surface area contributed by atoms with Crippen LogP contribution in [0.2, 0.25) is 10.0 Å². The first-order valence-electron chi connectivity index (χ1n) is 8.15. The van der Waals surface area contributed by atoms with Crippen LogP contribution in [0.3, 0.4) is 0 Å². The van der Waals surface area contributed by atoms with Crippen molar-refractivity contribution in [3.05, 3.63) is 27.7 Å². The molecular formula is C17H26Cl2O6. The molecule has 1 aromatic carbocycles. The highest BCUT2D eigenvalue weighted by Gasteiger charge is 2.05. The molecule has 0 aliphatic heterocycles. The Morgan fingerprint density at radius 1 is 0.720 bits per heavy atom. The SMILES string of the molecule is Cc1cc(OCCOCCOCCOCCOCCO)c(Cl)cc1Cl. The third kappa shape index (κ3) is 10.9. The maximum absolute atomic E-state index is 8.52. The van der Waals surface area contributed by atoms with Crippen molar-refractivity contribution >= 4 is 23.2 Å². The molecule has 0 aliphatic rings. The summed E-state index contributed by atoms with van der Waals surface area (Å²) in [5.74, 6) is 0.600. The van der Waals surface area contributed by atoms with Crippen molar-refractivity contribution in [2.24, 2.45) is 0 Å². The summed E-state index contributed by atoms with van der Waals surface area (Å²) in [6.07, 6.45) is 0. The zero-order valence-corrected chi connectivity index (χ0v) is 16.0. The molecule has 1 rings (SSSR count). The van der Waals surface area contributed by atoms with Gasteiger partial charge in [0.25, 0.3) is 0 Å². The third-order valence-electron chi connectivity index (χ3n) is 3.05. The number of rotatable bonds is 15. The second-order valence-corrected chi connectivity index (χ2v) is 5.87. The van der Waals surface area contributed by atoms with Crippen LogP contribution in [0.1, 0.15) is 5.56 Å². The molecule has 8 heteroatoms. The van der Waals surface area contributed by atoms with Gasteiger partial charge in [0.15, 0.2) is 0 Å². The Balaban J connectivity index is 1.90. The number of halogens is 2. The summed E-state index contributed by atoms with van der Waals surface area (Å²) in [7, 11) is 0. The number of aryl methyl sites for hydroxylation is 1. The topological polar surface area (TPSA) is 66.4 Å². The summed E-state index contributed by atoms with van der Waals surface area (Å²) in [5.41, 5.74) is 0.914. The molecule has 0 fully saturated rings. The fourth-order valence-corrected chi connectivity index (χ4v) is 2.22. The van der Waals surface area contributed by atoms with Crippen molar-refractivity contribution in [2.45, 2.75) is 6.92 Å². The Hall–Kier alpha value is -0.600. The minimum Gasteiger partial charge on any atom is -0.490 e. The van der Waals surface area contributed by atoms with E-state index in [1.165, 1.54) is 0 Å². The molecule has 0 bridgehead atoms. The van der Waals surface area contributed by atoms with E-state index in [4.69, 9.17) is 52.0 Å². The van der Waals surface area contributed by atoms with Crippen LogP contribution < -0.4 is 4.74 Å². The van der Waals surface area contributed by atoms with E-state index in [9.17, 15) is 0 Å². The van der Waals surface area contributed by atoms with Gasteiger partial charge >= 0.3 is 0 Å². The Kier molecular flexibility index (Phi) is 13.1. The molecule has 25 heavy (non-hydrogen) atoms. The predicted octanol–water partition coefficient (Wildman–Crippen LogP) is 2.74. The summed E-state index contributed by atoms with van der Waals surface area (Å²) >= 11 is 12.0. The van der Waals surface area contributed by atoms with E-state index >= 15 is 0 Å². The second-order valence-electron chi connectivity index (χ2n) is 5.05. The minimum atomic E-state index is 0.0283. The maximum Gasteiger partial charge on any atom is 0.138 e. The van der Waals surface area contributed by atoms with Crippen LogP contribution in [0, 0.1) is 6.92 Å². The molecule has 0 aliphatic carbocycles. The van der Waals surface area contributed by atoms with Crippen molar-refractivity contribution in [1.82, 2.24) is 0 Å². The van der Waals surface area contributed by atoms with Gasteiger partial charge in [-0.25, -0.2) is 0 Å². The molecule has 6 nitrogen and oxygen atoms in total. The molecule has 0 aromatic heterocycles. The molecule has 0 radical (unpaired) electrons. The van der Waals surface area contributed by atoms with E-state index in [2.05, 4.69) is 0 Å². The number of hydrogen-bond acceptors (Lipinski definition) is 6. The first-order chi connectivity index (χ1) is 12.1. The van der Waals surface area contributed by atoms with Crippen LogP contribution in [0.15, 0.2) is 12.1 Å². The van der Waals surface area contributed by atoms with E-state index < -0.39 is 0 Å². The normalized spacial score (nSPS) is 11.0. The van der Waals surface area contributed by atoms with Crippen LogP contribution >= 0.6 is 23.2 Å². The molecular weight excluding hydrogens is 371 g/mol. The largest absolute Gasteiger partial charge is 0.490 e. The fourth-order valence-electron chi connectivity index (χ4n) is 1.78. The summed E-state index contributed by atoms with van der Waals surface area (Å²) in [6, 6.07) is 3.48. The van der Waals surface area contributed by atoms with Crippen molar-refractivity contribution in [3.8, 4) is 5.75 Å². The Morgan fingerprint density at radius 2 is 1.20 bits per heavy atom. The van der Waals surface area contributed by atoms with E-state index in [0.29, 0.717) is 75.3 Å². The van der Waals surface area contributed by atoms with Crippen LogP contribution in [-0.4, -0.2) is 71.2 Å². The smallest absolute Gasteiger partial charge is 0.138 e. The maximum atomic E-state index is 8.52. The van der Waals surface area contributed by atoms with Gasteiger partial charge in [-0.2, -0.15) is 0 Å². The van der Waals surface area contributed by atoms with Gasteiger partial charge in [0.1, 0.15) is 12.4 Å². The average Bonchev–Trinajstić information content (AvgIpc) is 2.59. The highest BCUT2D eigenvalue weighted by atomic mass is 35.5. The van der Waals surface area contributed by atoms with Gasteiger partial charge in [-0.3, -0.25) is 0 Å². The summed E-state index contributed by atoms with van der Waals surface area (Å²) in [5, 5.41) is 9.62. The molecule has 0 amide bonds. The predicted molar refractivity (Wildman–Crippen MR) is 97.1 cm³/mol. The lowest BCUT2D eigenvalue weighted by Gasteiger charge is -2.10. The number of benzene rings is 1. The molecule has 144 valence electrons. The highest BCUT2D eigenvalue weighted by molar-refractivity contribution is 6.35. The van der Waals surface area contributed by atoms with Gasteiger partial charge in [0, 0.05) is 5.02 Å². The molecule has 0 saturated heterocycles. The van der Waals surface area contributed by atoms with E-state index in [1.807, 2.05) is 13.0 Å². The molecule has 1 aromatic rings. The first-order valence-corrected chi connectivity index (χ1v) is 8.91. The number of aliphatic hydroxyl groups is 1. The van der Waals surface area contributed by atoms with Gasteiger partial charge < -0.3 is 28.8 Å². The number of hydrogen-bond donors (Lipinski definition) is 1. The lowest BCUT2D eigenvalue weighted by Crippen LogP contribution is -2.14. The summed E-state index contributed by atoms with van der Waals surface area (Å²) in [6.45, 7) is 6.04. The van der Waals surface area contributed by atoms with Gasteiger partial charge in [-0.1, -0.05) is 23.2 Å². The molecule has 0 unspecified atom stereocenters. The summed E-state index contributed by atoms with van der Waals surface area (Å²) in [4.78, 5) is 0. The van der Waals surface area contributed by atoms with Gasteiger partial charge in [0.05, 0.1) is 64.5 Å². The van der Waals surface area contributed by atoms with Crippen LogP contribution in [-0.2, 0) is 18.9 Å². The molecule has 0 atom stereocenters. The highest BCUT2D eigenvalue weighted by Crippen LogP contribution is 2.30. The zero-order valence-electron chi connectivity index (χ0n) is 14.5. The first kappa shape index (κ1) is 22.4. The fraction of sp³-hybridized carbons (Fsp3) is 0.647. The third-order valence-corrected chi connectivity index (χ3v) is 3.75. The number of ether oxygens (including phenoxy) is 5. The Morgan fingerprint density at radius 3 is 1.72 bits per heavy atom. The average molecular weight is 397 g/mol. The van der Waals surface area contributed by atoms with Crippen LogP contribution in [0.5, 0.6) is 5.75 Å². The summed E-state index contributed by atoms with van der Waals surface area (Å²) < 4.78 is 26.7. The Bertz CT molecular complexity index is 473. The second kappa shape index (κ2) is 14.6. The van der Waals surface area contributed by atoms with E-state index in [0.717, 1.165) is 5.56 Å². The van der Waals surface area contributed by atoms with Crippen molar-refractivity contribution in [3.63, 3.8) is 0 Å². The standard InChI is InChI=1S/C17H26Cl2O6/c1-14-12-17(16(19)13-15(14)18)25-11-10-24-9-8-23-7-6-22-5-4-21-3-2-20/h12-13,20H,2-11H2,1H3. The molecule has 0 saturated carbocycles. The quantitative estimate of drug-likeness (QED) is 0.459. The van der Waals surface area contributed by atoms with Gasteiger partial charge in [0.2, 0.25) is 0 Å². The monoisotopic (exact) mass is 396 g/mol. The lowest BCUT2D eigenvalue weighted by atomic mass is 10.2. The van der Waals surface area contributed by atoms with E-state index in [1.54, 1.807) is 6.07 Å². The molecule has 0 spiro atoms. The van der Waals surface area contributed by atoms with Crippen molar-refractivity contribution < 1.29 is 28.8 Å². The van der Waals surface area contributed by atoms with Crippen molar-refractivity contribution in [2.75, 3.05) is 66.1 Å². The van der Waals surface area contributed by atoms with Gasteiger partial charge in [-0.15, -0.1) is 0 Å². The van der Waals surface area contributed by atoms with Crippen molar-refractivity contribution in [1.29, 1.82) is 0 Å². The molecule has 0 heterocycles. The minimum absolute atomic E-state index is 0.0283. The van der Waals surface area contributed by atoms with Crippen LogP contribution in [0.4, 0.5) is 0 Å². The number of aliphatic hydroxyl groups excluding tert-OH is 1. The van der Waals surface area contributed by atoms with Crippen LogP contribution in [0.25, 0.3) is 0 Å². The lowest BCUT2D eigenvalue weighted by molar-refractivity contribution is -0.00779. The van der Waals surface area contributed by atoms with E-state index in [-0.39, 0.29) is 6.61 Å².